The highest BCUT2D eigenvalue weighted by Crippen LogP contribution is 2.21. The van der Waals surface area contributed by atoms with Crippen LogP contribution in [-0.4, -0.2) is 14.5 Å². The van der Waals surface area contributed by atoms with E-state index >= 15 is 0 Å². The maximum Gasteiger partial charge on any atom is 0.241 e. The van der Waals surface area contributed by atoms with Crippen LogP contribution in [0, 0.1) is 5.92 Å². The lowest BCUT2D eigenvalue weighted by Gasteiger charge is -2.21. The van der Waals surface area contributed by atoms with Crippen molar-refractivity contribution in [3.05, 3.63) is 23.8 Å². The molecule has 4 nitrogen and oxygen atoms in total. The number of sulfonamides is 1. The van der Waals surface area contributed by atoms with Gasteiger partial charge < -0.3 is 5.73 Å². The Bertz CT molecular complexity index is 524. The molecule has 0 bridgehead atoms. The molecule has 1 rings (SSSR count). The minimum absolute atomic E-state index is 0.0591. The summed E-state index contributed by atoms with van der Waals surface area (Å²) in [5.74, 6) is 0.255. The largest absolute Gasteiger partial charge is 0.399 e. The second kappa shape index (κ2) is 6.39. The fourth-order valence-corrected chi connectivity index (χ4v) is 3.88. The average Bonchev–Trinajstić information content (AvgIpc) is 2.35. The predicted octanol–water partition coefficient (Wildman–Crippen LogP) is 2.54. The van der Waals surface area contributed by atoms with Gasteiger partial charge in [0, 0.05) is 11.7 Å². The first-order valence-corrected chi connectivity index (χ1v) is 8.20. The second-order valence-corrected chi connectivity index (χ2v) is 6.78. The van der Waals surface area contributed by atoms with Crippen LogP contribution >= 0.6 is 0 Å². The zero-order chi connectivity index (χ0) is 14.6. The van der Waals surface area contributed by atoms with Crippen LogP contribution in [0.5, 0.6) is 0 Å². The number of nitrogen functional groups attached to an aromatic ring is 1. The molecule has 0 heterocycles. The van der Waals surface area contributed by atoms with Gasteiger partial charge in [-0.1, -0.05) is 33.8 Å². The molecule has 0 saturated heterocycles. The van der Waals surface area contributed by atoms with Crippen LogP contribution in [-0.2, 0) is 16.4 Å². The number of nitrogens with one attached hydrogen (secondary N) is 1. The van der Waals surface area contributed by atoms with Crippen LogP contribution in [0.3, 0.4) is 0 Å². The average molecular weight is 284 g/mol. The lowest BCUT2D eigenvalue weighted by atomic mass is 10.0. The van der Waals surface area contributed by atoms with Crippen molar-refractivity contribution in [3.8, 4) is 0 Å². The van der Waals surface area contributed by atoms with Gasteiger partial charge >= 0.3 is 0 Å². The molecule has 1 aromatic rings. The maximum atomic E-state index is 12.5. The van der Waals surface area contributed by atoms with Gasteiger partial charge in [0.25, 0.3) is 0 Å². The Hall–Kier alpha value is -1.07. The Labute approximate surface area is 116 Å². The van der Waals surface area contributed by atoms with E-state index in [1.165, 1.54) is 6.07 Å². The molecule has 1 unspecified atom stereocenters. The van der Waals surface area contributed by atoms with Crippen molar-refractivity contribution in [1.82, 2.24) is 4.72 Å². The van der Waals surface area contributed by atoms with E-state index in [2.05, 4.69) is 4.72 Å². The quantitative estimate of drug-likeness (QED) is 0.789. The molecule has 0 aromatic heterocycles. The van der Waals surface area contributed by atoms with E-state index in [4.69, 9.17) is 5.73 Å². The molecule has 5 heteroatoms. The Kier molecular flexibility index (Phi) is 5.38. The molecule has 0 radical (unpaired) electrons. The number of benzene rings is 1. The monoisotopic (exact) mass is 284 g/mol. The van der Waals surface area contributed by atoms with Crippen LogP contribution in [0.25, 0.3) is 0 Å². The molecular formula is C14H24N2O2S. The Morgan fingerprint density at radius 3 is 2.37 bits per heavy atom. The first kappa shape index (κ1) is 16.0. The highest BCUT2D eigenvalue weighted by atomic mass is 32.2. The second-order valence-electron chi connectivity index (χ2n) is 5.10. The highest BCUT2D eigenvalue weighted by molar-refractivity contribution is 7.89. The summed E-state index contributed by atoms with van der Waals surface area (Å²) in [6, 6.07) is 4.99. The first-order valence-electron chi connectivity index (χ1n) is 6.72. The van der Waals surface area contributed by atoms with Gasteiger partial charge in [-0.15, -0.1) is 0 Å². The molecule has 0 aliphatic carbocycles. The van der Waals surface area contributed by atoms with Gasteiger partial charge in [-0.3, -0.25) is 0 Å². The third kappa shape index (κ3) is 3.94. The summed E-state index contributed by atoms with van der Waals surface area (Å²) < 4.78 is 27.7. The lowest BCUT2D eigenvalue weighted by Crippen LogP contribution is -2.38. The van der Waals surface area contributed by atoms with Gasteiger partial charge in [0.15, 0.2) is 0 Å². The van der Waals surface area contributed by atoms with Crippen molar-refractivity contribution in [2.24, 2.45) is 5.92 Å². The zero-order valence-corrected chi connectivity index (χ0v) is 12.9. The van der Waals surface area contributed by atoms with E-state index in [0.717, 1.165) is 12.0 Å². The summed E-state index contributed by atoms with van der Waals surface area (Å²) in [4.78, 5) is 0.300. The van der Waals surface area contributed by atoms with Gasteiger partial charge in [-0.2, -0.15) is 0 Å². The third-order valence-corrected chi connectivity index (χ3v) is 4.88. The summed E-state index contributed by atoms with van der Waals surface area (Å²) in [6.07, 6.45) is 1.43. The van der Waals surface area contributed by atoms with Gasteiger partial charge in [0.1, 0.15) is 0 Å². The normalized spacial score (nSPS) is 13.7. The first-order chi connectivity index (χ1) is 8.81. The Morgan fingerprint density at radius 2 is 1.89 bits per heavy atom. The number of nitrogens with two attached hydrogens (primary N) is 1. The number of aryl methyl sites for hydroxylation is 1. The van der Waals surface area contributed by atoms with E-state index in [0.29, 0.717) is 17.0 Å². The van der Waals surface area contributed by atoms with Gasteiger partial charge in [0.05, 0.1) is 4.90 Å². The number of hydrogen-bond donors (Lipinski definition) is 2. The van der Waals surface area contributed by atoms with Crippen molar-refractivity contribution in [2.75, 3.05) is 5.73 Å². The summed E-state index contributed by atoms with van der Waals surface area (Å²) in [7, 11) is -3.51. The van der Waals surface area contributed by atoms with E-state index in [-0.39, 0.29) is 12.0 Å². The number of rotatable bonds is 6. The minimum Gasteiger partial charge on any atom is -0.399 e. The molecule has 3 N–H and O–H groups in total. The van der Waals surface area contributed by atoms with Crippen LogP contribution in [0.1, 0.15) is 39.7 Å². The molecular weight excluding hydrogens is 260 g/mol. The van der Waals surface area contributed by atoms with Crippen LogP contribution < -0.4 is 10.5 Å². The molecule has 0 amide bonds. The number of hydrogen-bond acceptors (Lipinski definition) is 3. The maximum absolute atomic E-state index is 12.5. The van der Waals surface area contributed by atoms with Crippen molar-refractivity contribution < 1.29 is 8.42 Å². The van der Waals surface area contributed by atoms with E-state index in [1.54, 1.807) is 12.1 Å². The fraction of sp³-hybridized carbons (Fsp3) is 0.571. The molecule has 1 aromatic carbocycles. The summed E-state index contributed by atoms with van der Waals surface area (Å²) in [5.41, 5.74) is 6.97. The van der Waals surface area contributed by atoms with Crippen molar-refractivity contribution in [3.63, 3.8) is 0 Å². The van der Waals surface area contributed by atoms with E-state index in [1.807, 2.05) is 27.7 Å². The van der Waals surface area contributed by atoms with Crippen molar-refractivity contribution >= 4 is 15.7 Å². The third-order valence-electron chi connectivity index (χ3n) is 3.31. The summed E-state index contributed by atoms with van der Waals surface area (Å²) in [6.45, 7) is 7.94. The van der Waals surface area contributed by atoms with Crippen molar-refractivity contribution in [2.45, 2.75) is 51.5 Å². The van der Waals surface area contributed by atoms with Crippen LogP contribution in [0.4, 0.5) is 5.69 Å². The fourth-order valence-electron chi connectivity index (χ4n) is 2.07. The van der Waals surface area contributed by atoms with E-state index < -0.39 is 10.0 Å². The minimum atomic E-state index is -3.51. The standard InChI is InChI=1S/C14H24N2O2S/c1-5-11-7-8-12(15)9-14(11)19(17,18)16-13(6-2)10(3)4/h7-10,13,16H,5-6,15H2,1-4H3. The van der Waals surface area contributed by atoms with E-state index in [9.17, 15) is 8.42 Å². The van der Waals surface area contributed by atoms with Gasteiger partial charge in [-0.25, -0.2) is 13.1 Å². The van der Waals surface area contributed by atoms with Crippen LogP contribution in [0.15, 0.2) is 23.1 Å². The molecule has 108 valence electrons. The lowest BCUT2D eigenvalue weighted by molar-refractivity contribution is 0.437. The number of anilines is 1. The molecule has 0 saturated carbocycles. The van der Waals surface area contributed by atoms with Gasteiger partial charge in [-0.05, 0) is 36.5 Å². The Balaban J connectivity index is 3.16. The molecule has 1 atom stereocenters. The zero-order valence-electron chi connectivity index (χ0n) is 12.1. The summed E-state index contributed by atoms with van der Waals surface area (Å²) >= 11 is 0. The highest BCUT2D eigenvalue weighted by Gasteiger charge is 2.23. The topological polar surface area (TPSA) is 72.2 Å². The SMILES string of the molecule is CCc1ccc(N)cc1S(=O)(=O)NC(CC)C(C)C. The summed E-state index contributed by atoms with van der Waals surface area (Å²) in [5, 5.41) is 0. The Morgan fingerprint density at radius 1 is 1.26 bits per heavy atom. The molecule has 0 spiro atoms. The molecule has 0 aliphatic rings. The van der Waals surface area contributed by atoms with Crippen LogP contribution in [0.2, 0.25) is 0 Å². The van der Waals surface area contributed by atoms with Crippen molar-refractivity contribution in [1.29, 1.82) is 0 Å². The predicted molar refractivity (Wildman–Crippen MR) is 79.5 cm³/mol. The smallest absolute Gasteiger partial charge is 0.241 e. The van der Waals surface area contributed by atoms with Gasteiger partial charge in [0.2, 0.25) is 10.0 Å². The molecule has 0 aliphatic heterocycles. The molecule has 0 fully saturated rings. The molecule has 19 heavy (non-hydrogen) atoms.